The Morgan fingerprint density at radius 1 is 1.43 bits per heavy atom. The van der Waals surface area contributed by atoms with Crippen molar-refractivity contribution in [2.75, 3.05) is 0 Å². The molecule has 14 heavy (non-hydrogen) atoms. The van der Waals surface area contributed by atoms with E-state index in [0.717, 1.165) is 5.92 Å². The predicted molar refractivity (Wildman–Crippen MR) is 62.8 cm³/mol. The van der Waals surface area contributed by atoms with E-state index in [1.165, 1.54) is 19.3 Å². The number of nitrogens with one attached hydrogen (secondary N) is 1. The third-order valence-electron chi connectivity index (χ3n) is 3.32. The average Bonchev–Trinajstić information content (AvgIpc) is 2.87. The largest absolute Gasteiger partial charge is 0.306 e. The first kappa shape index (κ1) is 11.2. The van der Waals surface area contributed by atoms with Gasteiger partial charge in [-0.2, -0.15) is 0 Å². The highest BCUT2D eigenvalue weighted by molar-refractivity contribution is 5.90. The standard InChI is InChI=1S/C13H21N/c1-4-12-10-13(12,5-2)9-7-6-8-11(3)14/h6-9,12,14H,4-5,10H2,1-3H3/b8-6-,9-7+,14-11?. The van der Waals surface area contributed by atoms with Crippen molar-refractivity contribution in [2.45, 2.75) is 40.0 Å². The Morgan fingerprint density at radius 2 is 2.14 bits per heavy atom. The van der Waals surface area contributed by atoms with Crippen LogP contribution in [0.1, 0.15) is 40.0 Å². The van der Waals surface area contributed by atoms with E-state index >= 15 is 0 Å². The molecular formula is C13H21N. The summed E-state index contributed by atoms with van der Waals surface area (Å²) in [5.74, 6) is 0.901. The number of rotatable bonds is 5. The van der Waals surface area contributed by atoms with Gasteiger partial charge in [0.1, 0.15) is 0 Å². The van der Waals surface area contributed by atoms with Gasteiger partial charge in [0.25, 0.3) is 0 Å². The lowest BCUT2D eigenvalue weighted by atomic mass is 9.98. The average molecular weight is 191 g/mol. The van der Waals surface area contributed by atoms with Crippen LogP contribution < -0.4 is 0 Å². The highest BCUT2D eigenvalue weighted by Crippen LogP contribution is 2.57. The number of hydrogen-bond donors (Lipinski definition) is 1. The molecule has 1 fully saturated rings. The first-order valence-corrected chi connectivity index (χ1v) is 5.55. The van der Waals surface area contributed by atoms with Crippen molar-refractivity contribution in [1.29, 1.82) is 5.41 Å². The molecule has 1 heteroatoms. The molecule has 2 unspecified atom stereocenters. The molecule has 1 nitrogen and oxygen atoms in total. The summed E-state index contributed by atoms with van der Waals surface area (Å²) in [4.78, 5) is 0. The molecule has 0 radical (unpaired) electrons. The van der Waals surface area contributed by atoms with Gasteiger partial charge in [-0.3, -0.25) is 0 Å². The van der Waals surface area contributed by atoms with Crippen LogP contribution in [-0.2, 0) is 0 Å². The van der Waals surface area contributed by atoms with Gasteiger partial charge in [-0.05, 0) is 37.2 Å². The van der Waals surface area contributed by atoms with E-state index in [9.17, 15) is 0 Å². The zero-order chi connectivity index (χ0) is 10.6. The second-order valence-corrected chi connectivity index (χ2v) is 4.30. The maximum Gasteiger partial charge on any atom is 0.0282 e. The van der Waals surface area contributed by atoms with Crippen LogP contribution in [0, 0.1) is 16.7 Å². The molecule has 1 saturated carbocycles. The highest BCUT2D eigenvalue weighted by Gasteiger charge is 2.48. The summed E-state index contributed by atoms with van der Waals surface area (Å²) >= 11 is 0. The second kappa shape index (κ2) is 4.59. The van der Waals surface area contributed by atoms with Gasteiger partial charge in [-0.15, -0.1) is 0 Å². The van der Waals surface area contributed by atoms with Crippen LogP contribution in [0.3, 0.4) is 0 Å². The Bertz CT molecular complexity index is 262. The molecule has 0 bridgehead atoms. The van der Waals surface area contributed by atoms with E-state index in [4.69, 9.17) is 5.41 Å². The summed E-state index contributed by atoms with van der Waals surface area (Å²) in [6, 6.07) is 0. The lowest BCUT2D eigenvalue weighted by molar-refractivity contribution is 0.537. The summed E-state index contributed by atoms with van der Waals surface area (Å²) in [5, 5.41) is 7.24. The Kier molecular flexibility index (Phi) is 3.68. The molecule has 0 aromatic heterocycles. The second-order valence-electron chi connectivity index (χ2n) is 4.30. The van der Waals surface area contributed by atoms with E-state index in [1.54, 1.807) is 6.92 Å². The van der Waals surface area contributed by atoms with Gasteiger partial charge in [-0.1, -0.05) is 38.5 Å². The van der Waals surface area contributed by atoms with E-state index in [-0.39, 0.29) is 0 Å². The van der Waals surface area contributed by atoms with Crippen molar-refractivity contribution in [3.8, 4) is 0 Å². The molecule has 1 aliphatic carbocycles. The van der Waals surface area contributed by atoms with Gasteiger partial charge in [0.2, 0.25) is 0 Å². The van der Waals surface area contributed by atoms with E-state index < -0.39 is 0 Å². The molecule has 0 amide bonds. The van der Waals surface area contributed by atoms with E-state index in [2.05, 4.69) is 26.0 Å². The summed E-state index contributed by atoms with van der Waals surface area (Å²) in [5.41, 5.74) is 1.11. The van der Waals surface area contributed by atoms with Gasteiger partial charge in [0.05, 0.1) is 0 Å². The maximum atomic E-state index is 7.24. The topological polar surface area (TPSA) is 23.9 Å². The molecule has 1 rings (SSSR count). The summed E-state index contributed by atoms with van der Waals surface area (Å²) < 4.78 is 0. The molecule has 0 aliphatic heterocycles. The molecule has 1 aliphatic rings. The normalized spacial score (nSPS) is 31.5. The zero-order valence-electron chi connectivity index (χ0n) is 9.51. The van der Waals surface area contributed by atoms with Crippen LogP contribution in [-0.4, -0.2) is 5.71 Å². The highest BCUT2D eigenvalue weighted by atomic mass is 14.5. The van der Waals surface area contributed by atoms with Crippen LogP contribution in [0.25, 0.3) is 0 Å². The Hall–Kier alpha value is -0.850. The monoisotopic (exact) mass is 191 g/mol. The van der Waals surface area contributed by atoms with Crippen LogP contribution in [0.4, 0.5) is 0 Å². The van der Waals surface area contributed by atoms with E-state index in [0.29, 0.717) is 11.1 Å². The lowest BCUT2D eigenvalue weighted by Crippen LogP contribution is -1.96. The smallest absolute Gasteiger partial charge is 0.0282 e. The van der Waals surface area contributed by atoms with Crippen LogP contribution in [0.2, 0.25) is 0 Å². The first-order valence-electron chi connectivity index (χ1n) is 5.55. The maximum absolute atomic E-state index is 7.24. The van der Waals surface area contributed by atoms with Gasteiger partial charge < -0.3 is 5.41 Å². The van der Waals surface area contributed by atoms with Crippen molar-refractivity contribution in [3.05, 3.63) is 24.3 Å². The van der Waals surface area contributed by atoms with Gasteiger partial charge in [-0.25, -0.2) is 0 Å². The SMILES string of the molecule is CCC1CC1(/C=C/C=C\C(C)=N)CC. The molecular weight excluding hydrogens is 170 g/mol. The summed E-state index contributed by atoms with van der Waals surface area (Å²) in [6.07, 6.45) is 12.2. The first-order chi connectivity index (χ1) is 6.64. The van der Waals surface area contributed by atoms with Gasteiger partial charge in [0.15, 0.2) is 0 Å². The minimum absolute atomic E-state index is 0.495. The third kappa shape index (κ3) is 2.57. The van der Waals surface area contributed by atoms with Crippen molar-refractivity contribution in [3.63, 3.8) is 0 Å². The summed E-state index contributed by atoms with van der Waals surface area (Å²) in [6.45, 7) is 6.34. The number of hydrogen-bond acceptors (Lipinski definition) is 1. The van der Waals surface area contributed by atoms with Crippen molar-refractivity contribution >= 4 is 5.71 Å². The fraction of sp³-hybridized carbons (Fsp3) is 0.615. The number of allylic oxidation sites excluding steroid dienone is 4. The molecule has 0 saturated heterocycles. The van der Waals surface area contributed by atoms with Crippen LogP contribution in [0.5, 0.6) is 0 Å². The van der Waals surface area contributed by atoms with Crippen molar-refractivity contribution < 1.29 is 0 Å². The lowest BCUT2D eigenvalue weighted by Gasteiger charge is -2.07. The van der Waals surface area contributed by atoms with E-state index in [1.807, 2.05) is 12.2 Å². The predicted octanol–water partition coefficient (Wildman–Crippen LogP) is 3.96. The molecule has 0 heterocycles. The quantitative estimate of drug-likeness (QED) is 0.502. The Balaban J connectivity index is 2.47. The summed E-state index contributed by atoms with van der Waals surface area (Å²) in [7, 11) is 0. The Labute approximate surface area is 87.4 Å². The molecule has 0 spiro atoms. The third-order valence-corrected chi connectivity index (χ3v) is 3.32. The van der Waals surface area contributed by atoms with Gasteiger partial charge in [0, 0.05) is 5.71 Å². The fourth-order valence-electron chi connectivity index (χ4n) is 2.15. The zero-order valence-corrected chi connectivity index (χ0v) is 9.51. The van der Waals surface area contributed by atoms with Gasteiger partial charge >= 0.3 is 0 Å². The van der Waals surface area contributed by atoms with Crippen molar-refractivity contribution in [2.24, 2.45) is 11.3 Å². The molecule has 1 N–H and O–H groups in total. The fourth-order valence-corrected chi connectivity index (χ4v) is 2.15. The Morgan fingerprint density at radius 3 is 2.57 bits per heavy atom. The van der Waals surface area contributed by atoms with Crippen LogP contribution in [0.15, 0.2) is 24.3 Å². The van der Waals surface area contributed by atoms with Crippen LogP contribution >= 0.6 is 0 Å². The molecule has 78 valence electrons. The minimum Gasteiger partial charge on any atom is -0.306 e. The molecule has 0 aromatic rings. The molecule has 2 atom stereocenters. The van der Waals surface area contributed by atoms with Crippen molar-refractivity contribution in [1.82, 2.24) is 0 Å². The minimum atomic E-state index is 0.495. The molecule has 0 aromatic carbocycles.